The number of ether oxygens (including phenoxy) is 1. The summed E-state index contributed by atoms with van der Waals surface area (Å²) in [5.41, 5.74) is 0. The third kappa shape index (κ3) is 6.01. The first kappa shape index (κ1) is 15.9. The number of nitrogens with zero attached hydrogens (tertiary/aromatic N) is 2. The van der Waals surface area contributed by atoms with Crippen molar-refractivity contribution in [1.29, 1.82) is 5.26 Å². The molecule has 1 heterocycles. The van der Waals surface area contributed by atoms with Crippen molar-refractivity contribution in [2.75, 3.05) is 39.9 Å². The van der Waals surface area contributed by atoms with E-state index in [0.717, 1.165) is 32.5 Å². The number of carbonyl (C=O) groups is 1. The maximum atomic E-state index is 11.4. The molecular formula is C13H23N3O3. The van der Waals surface area contributed by atoms with E-state index in [1.54, 1.807) is 0 Å². The van der Waals surface area contributed by atoms with Crippen LogP contribution in [0.5, 0.6) is 0 Å². The van der Waals surface area contributed by atoms with Crippen molar-refractivity contribution in [2.45, 2.75) is 25.3 Å². The molecule has 1 fully saturated rings. The van der Waals surface area contributed by atoms with E-state index in [-0.39, 0.29) is 24.5 Å². The normalized spacial score (nSPS) is 23.8. The highest BCUT2D eigenvalue weighted by Gasteiger charge is 2.28. The van der Waals surface area contributed by atoms with E-state index in [4.69, 9.17) is 15.1 Å². The summed E-state index contributed by atoms with van der Waals surface area (Å²) in [7, 11) is 1.40. The summed E-state index contributed by atoms with van der Waals surface area (Å²) in [4.78, 5) is 13.4. The molecule has 108 valence electrons. The van der Waals surface area contributed by atoms with Crippen molar-refractivity contribution in [3.8, 4) is 6.07 Å². The topological polar surface area (TPSA) is 85.6 Å². The molecule has 6 heteroatoms. The fourth-order valence-electron chi connectivity index (χ4n) is 2.53. The van der Waals surface area contributed by atoms with Crippen LogP contribution in [0.4, 0.5) is 0 Å². The Morgan fingerprint density at radius 1 is 1.58 bits per heavy atom. The fourth-order valence-corrected chi connectivity index (χ4v) is 2.53. The van der Waals surface area contributed by atoms with Gasteiger partial charge in [0.2, 0.25) is 0 Å². The van der Waals surface area contributed by atoms with Crippen LogP contribution in [0.3, 0.4) is 0 Å². The fraction of sp³-hybridized carbons (Fsp3) is 0.846. The third-order valence-electron chi connectivity index (χ3n) is 3.36. The van der Waals surface area contributed by atoms with Crippen LogP contribution in [0.15, 0.2) is 0 Å². The van der Waals surface area contributed by atoms with Crippen LogP contribution in [0, 0.1) is 17.2 Å². The molecule has 0 aromatic rings. The lowest BCUT2D eigenvalue weighted by molar-refractivity contribution is -0.142. The zero-order valence-corrected chi connectivity index (χ0v) is 11.5. The summed E-state index contributed by atoms with van der Waals surface area (Å²) in [5, 5.41) is 20.9. The van der Waals surface area contributed by atoms with Gasteiger partial charge in [-0.15, -0.1) is 0 Å². The predicted molar refractivity (Wildman–Crippen MR) is 70.3 cm³/mol. The molecule has 2 unspecified atom stereocenters. The number of hydrogen-bond acceptors (Lipinski definition) is 6. The molecule has 1 aliphatic rings. The standard InChI is InChI=1S/C13H23N3O3/c1-19-13(18)8-11-7-12(15-4-2-6-17)10-16(9-11)5-3-14/h11-12,15,17H,2,4-10H2,1H3. The largest absolute Gasteiger partial charge is 0.469 e. The average molecular weight is 269 g/mol. The van der Waals surface area contributed by atoms with Gasteiger partial charge in [-0.05, 0) is 25.3 Å². The van der Waals surface area contributed by atoms with Gasteiger partial charge in [0.25, 0.3) is 0 Å². The highest BCUT2D eigenvalue weighted by Crippen LogP contribution is 2.20. The Hall–Kier alpha value is -1.16. The van der Waals surface area contributed by atoms with Crippen molar-refractivity contribution in [2.24, 2.45) is 5.92 Å². The van der Waals surface area contributed by atoms with Crippen LogP contribution >= 0.6 is 0 Å². The summed E-state index contributed by atoms with van der Waals surface area (Å²) >= 11 is 0. The molecule has 1 saturated heterocycles. The number of hydrogen-bond donors (Lipinski definition) is 2. The Morgan fingerprint density at radius 3 is 3.00 bits per heavy atom. The summed E-state index contributed by atoms with van der Waals surface area (Å²) in [5.74, 6) is 0.0269. The van der Waals surface area contributed by atoms with Crippen molar-refractivity contribution >= 4 is 5.97 Å². The van der Waals surface area contributed by atoms with Crippen LogP contribution < -0.4 is 5.32 Å². The molecule has 2 atom stereocenters. The van der Waals surface area contributed by atoms with Crippen LogP contribution in [-0.2, 0) is 9.53 Å². The van der Waals surface area contributed by atoms with Gasteiger partial charge in [-0.25, -0.2) is 0 Å². The lowest BCUT2D eigenvalue weighted by Gasteiger charge is -2.36. The molecule has 6 nitrogen and oxygen atoms in total. The van der Waals surface area contributed by atoms with Crippen molar-refractivity contribution in [3.63, 3.8) is 0 Å². The first-order chi connectivity index (χ1) is 9.19. The first-order valence-electron chi connectivity index (χ1n) is 6.70. The number of aliphatic hydroxyl groups is 1. The monoisotopic (exact) mass is 269 g/mol. The van der Waals surface area contributed by atoms with Gasteiger partial charge in [0.1, 0.15) is 0 Å². The second-order valence-electron chi connectivity index (χ2n) is 4.96. The zero-order valence-electron chi connectivity index (χ0n) is 11.5. The molecule has 0 aromatic carbocycles. The second kappa shape index (κ2) is 8.86. The van der Waals surface area contributed by atoms with Crippen LogP contribution in [0.1, 0.15) is 19.3 Å². The highest BCUT2D eigenvalue weighted by molar-refractivity contribution is 5.69. The maximum Gasteiger partial charge on any atom is 0.305 e. The number of rotatable bonds is 7. The van der Waals surface area contributed by atoms with Gasteiger partial charge >= 0.3 is 5.97 Å². The Balaban J connectivity index is 2.47. The Kier molecular flexibility index (Phi) is 7.41. The molecule has 2 N–H and O–H groups in total. The molecule has 0 aliphatic carbocycles. The average Bonchev–Trinajstić information content (AvgIpc) is 2.39. The zero-order chi connectivity index (χ0) is 14.1. The quantitative estimate of drug-likeness (QED) is 0.376. The van der Waals surface area contributed by atoms with Crippen molar-refractivity contribution in [1.82, 2.24) is 10.2 Å². The molecule has 19 heavy (non-hydrogen) atoms. The number of nitriles is 1. The number of piperidine rings is 1. The first-order valence-corrected chi connectivity index (χ1v) is 6.70. The maximum absolute atomic E-state index is 11.4. The number of carbonyl (C=O) groups excluding carboxylic acids is 1. The number of aliphatic hydroxyl groups excluding tert-OH is 1. The van der Waals surface area contributed by atoms with Crippen LogP contribution in [0.25, 0.3) is 0 Å². The van der Waals surface area contributed by atoms with Gasteiger partial charge in [0.05, 0.1) is 19.7 Å². The molecular weight excluding hydrogens is 246 g/mol. The Morgan fingerprint density at radius 2 is 2.37 bits per heavy atom. The molecule has 1 aliphatic heterocycles. The third-order valence-corrected chi connectivity index (χ3v) is 3.36. The van der Waals surface area contributed by atoms with Gasteiger partial charge < -0.3 is 15.2 Å². The van der Waals surface area contributed by atoms with Gasteiger partial charge in [0.15, 0.2) is 0 Å². The van der Waals surface area contributed by atoms with E-state index in [0.29, 0.717) is 13.0 Å². The SMILES string of the molecule is COC(=O)CC1CC(NCCCO)CN(CC#N)C1. The Labute approximate surface area is 114 Å². The van der Waals surface area contributed by atoms with Gasteiger partial charge in [-0.1, -0.05) is 0 Å². The molecule has 0 radical (unpaired) electrons. The van der Waals surface area contributed by atoms with Crippen molar-refractivity contribution in [3.05, 3.63) is 0 Å². The number of methoxy groups -OCH3 is 1. The predicted octanol–water partition coefficient (Wildman–Crippen LogP) is -0.264. The van der Waals surface area contributed by atoms with Crippen LogP contribution in [-0.4, -0.2) is 61.9 Å². The van der Waals surface area contributed by atoms with Gasteiger partial charge in [-0.2, -0.15) is 5.26 Å². The molecule has 0 saturated carbocycles. The van der Waals surface area contributed by atoms with Gasteiger partial charge in [0, 0.05) is 32.2 Å². The molecule has 1 rings (SSSR count). The van der Waals surface area contributed by atoms with E-state index in [9.17, 15) is 4.79 Å². The summed E-state index contributed by atoms with van der Waals surface area (Å²) < 4.78 is 4.71. The summed E-state index contributed by atoms with van der Waals surface area (Å²) in [6.07, 6.45) is 2.02. The number of esters is 1. The minimum atomic E-state index is -0.196. The lowest BCUT2D eigenvalue weighted by atomic mass is 9.91. The molecule has 0 amide bonds. The Bertz CT molecular complexity index is 317. The molecule has 0 aromatic heterocycles. The van der Waals surface area contributed by atoms with Crippen molar-refractivity contribution < 1.29 is 14.6 Å². The minimum Gasteiger partial charge on any atom is -0.469 e. The van der Waals surface area contributed by atoms with Crippen LogP contribution in [0.2, 0.25) is 0 Å². The molecule has 0 spiro atoms. The van der Waals surface area contributed by atoms with Gasteiger partial charge in [-0.3, -0.25) is 9.69 Å². The van der Waals surface area contributed by atoms with E-state index in [1.165, 1.54) is 7.11 Å². The highest BCUT2D eigenvalue weighted by atomic mass is 16.5. The summed E-state index contributed by atoms with van der Waals surface area (Å²) in [6, 6.07) is 2.42. The molecule has 0 bridgehead atoms. The van der Waals surface area contributed by atoms with E-state index in [1.807, 2.05) is 0 Å². The lowest BCUT2D eigenvalue weighted by Crippen LogP contribution is -2.50. The van der Waals surface area contributed by atoms with E-state index < -0.39 is 0 Å². The van der Waals surface area contributed by atoms with E-state index >= 15 is 0 Å². The second-order valence-corrected chi connectivity index (χ2v) is 4.96. The van der Waals surface area contributed by atoms with E-state index in [2.05, 4.69) is 16.3 Å². The summed E-state index contributed by atoms with van der Waals surface area (Å²) in [6.45, 7) is 2.90. The minimum absolute atomic E-state index is 0.174. The number of nitrogens with one attached hydrogen (secondary N) is 1. The number of likely N-dealkylation sites (tertiary alicyclic amines) is 1. The smallest absolute Gasteiger partial charge is 0.305 e.